The van der Waals surface area contributed by atoms with Crippen molar-refractivity contribution in [3.63, 3.8) is 0 Å². The van der Waals surface area contributed by atoms with Gasteiger partial charge in [0.05, 0.1) is 6.10 Å². The van der Waals surface area contributed by atoms with Crippen LogP contribution in [0.2, 0.25) is 0 Å². The summed E-state index contributed by atoms with van der Waals surface area (Å²) in [6.45, 7) is 8.01. The molecule has 0 spiro atoms. The zero-order valence-electron chi connectivity index (χ0n) is 11.9. The third-order valence-electron chi connectivity index (χ3n) is 4.13. The van der Waals surface area contributed by atoms with E-state index >= 15 is 0 Å². The number of hydrogen-bond acceptors (Lipinski definition) is 2. The molecule has 0 aromatic heterocycles. The molecule has 2 N–H and O–H groups in total. The molecule has 2 rings (SSSR count). The van der Waals surface area contributed by atoms with Gasteiger partial charge in [-0.05, 0) is 79.7 Å². The Morgan fingerprint density at radius 1 is 1.00 bits per heavy atom. The predicted octanol–water partition coefficient (Wildman–Crippen LogP) is 2.65. The van der Waals surface area contributed by atoms with Crippen molar-refractivity contribution in [3.05, 3.63) is 45.6 Å². The smallest absolute Gasteiger partial charge is 0.137 e. The van der Waals surface area contributed by atoms with Crippen molar-refractivity contribution < 1.29 is 10.2 Å². The van der Waals surface area contributed by atoms with Crippen LogP contribution in [-0.2, 0) is 0 Å². The molecule has 2 unspecified atom stereocenters. The van der Waals surface area contributed by atoms with E-state index in [0.717, 1.165) is 33.4 Å². The molecule has 2 heteroatoms. The molecule has 0 amide bonds. The van der Waals surface area contributed by atoms with Crippen molar-refractivity contribution in [2.45, 2.75) is 46.3 Å². The Morgan fingerprint density at radius 3 is 2.21 bits per heavy atom. The lowest BCUT2D eigenvalue weighted by atomic mass is 9.91. The van der Waals surface area contributed by atoms with Crippen LogP contribution < -0.4 is 0 Å². The molecule has 2 aliphatic carbocycles. The number of aliphatic hydroxyl groups excluding tert-OH is 2. The Bertz CT molecular complexity index is 588. The monoisotopic (exact) mass is 256 g/mol. The molecule has 0 radical (unpaired) electrons. The molecule has 0 bridgehead atoms. The van der Waals surface area contributed by atoms with Crippen LogP contribution in [0.4, 0.5) is 0 Å². The minimum atomic E-state index is -0.748. The third-order valence-corrected chi connectivity index (χ3v) is 4.13. The van der Waals surface area contributed by atoms with Gasteiger partial charge in [0.2, 0.25) is 0 Å². The molecule has 0 heterocycles. The third kappa shape index (κ3) is 2.58. The van der Waals surface area contributed by atoms with Crippen LogP contribution in [0.15, 0.2) is 45.6 Å². The second-order valence-electron chi connectivity index (χ2n) is 5.29. The Morgan fingerprint density at radius 2 is 1.63 bits per heavy atom. The first kappa shape index (κ1) is 13.9. The quantitative estimate of drug-likeness (QED) is 0.746. The van der Waals surface area contributed by atoms with Gasteiger partial charge in [0.15, 0.2) is 0 Å². The molecule has 0 fully saturated rings. The first-order valence-electron chi connectivity index (χ1n) is 6.54. The average Bonchev–Trinajstić information content (AvgIpc) is 2.52. The Kier molecular flexibility index (Phi) is 3.80. The minimum Gasteiger partial charge on any atom is -0.385 e. The summed E-state index contributed by atoms with van der Waals surface area (Å²) >= 11 is 0. The number of allylic oxidation sites excluding steroid dienone is 5. The largest absolute Gasteiger partial charge is 0.385 e. The highest BCUT2D eigenvalue weighted by Gasteiger charge is 2.24. The minimum absolute atomic E-state index is 0.534. The molecule has 0 saturated carbocycles. The van der Waals surface area contributed by atoms with Crippen LogP contribution in [0.5, 0.6) is 0 Å². The van der Waals surface area contributed by atoms with Gasteiger partial charge in [0.1, 0.15) is 6.10 Å². The summed E-state index contributed by atoms with van der Waals surface area (Å²) in [6, 6.07) is 0. The zero-order valence-corrected chi connectivity index (χ0v) is 11.9. The van der Waals surface area contributed by atoms with Gasteiger partial charge < -0.3 is 10.2 Å². The highest BCUT2D eigenvalue weighted by molar-refractivity contribution is 5.50. The molecule has 0 aromatic rings. The van der Waals surface area contributed by atoms with Crippen molar-refractivity contribution >= 4 is 0 Å². The molecule has 19 heavy (non-hydrogen) atoms. The zero-order chi connectivity index (χ0) is 14.2. The van der Waals surface area contributed by atoms with E-state index in [-0.39, 0.29) is 0 Å². The summed E-state index contributed by atoms with van der Waals surface area (Å²) in [6.07, 6.45) is 2.99. The van der Waals surface area contributed by atoms with E-state index in [1.165, 1.54) is 0 Å². The summed E-state index contributed by atoms with van der Waals surface area (Å²) in [5.74, 6) is 5.69. The molecular weight excluding hydrogens is 236 g/mol. The van der Waals surface area contributed by atoms with E-state index < -0.39 is 12.2 Å². The van der Waals surface area contributed by atoms with E-state index in [4.69, 9.17) is 0 Å². The highest BCUT2D eigenvalue weighted by atomic mass is 16.3. The standard InChI is InChI=1S/C17H20O2/c1-10-6-5-7-16(18)14(12(10)3)9-15-13(4)11(2)8-17(15)19/h6,8,16-19H,9H2,1-4H3. The second-order valence-corrected chi connectivity index (χ2v) is 5.29. The lowest BCUT2D eigenvalue weighted by Crippen LogP contribution is -2.14. The summed E-state index contributed by atoms with van der Waals surface area (Å²) < 4.78 is 0. The topological polar surface area (TPSA) is 40.5 Å². The average molecular weight is 256 g/mol. The first-order chi connectivity index (χ1) is 8.91. The van der Waals surface area contributed by atoms with Crippen molar-refractivity contribution in [1.29, 1.82) is 0 Å². The molecule has 100 valence electrons. The maximum atomic E-state index is 10.1. The van der Waals surface area contributed by atoms with Gasteiger partial charge in [-0.25, -0.2) is 0 Å². The fourth-order valence-electron chi connectivity index (χ4n) is 2.49. The van der Waals surface area contributed by atoms with Gasteiger partial charge in [0.25, 0.3) is 0 Å². The SMILES string of the molecule is CC1=CC#CC(O)C(CC2=C(C)C(C)=CC2O)=C1C. The van der Waals surface area contributed by atoms with Crippen LogP contribution in [0.3, 0.4) is 0 Å². The Labute approximate surface area is 114 Å². The van der Waals surface area contributed by atoms with Crippen molar-refractivity contribution in [3.8, 4) is 11.8 Å². The van der Waals surface area contributed by atoms with E-state index in [0.29, 0.717) is 6.42 Å². The maximum Gasteiger partial charge on any atom is 0.137 e. The summed E-state index contributed by atoms with van der Waals surface area (Å²) in [5.41, 5.74) is 6.25. The van der Waals surface area contributed by atoms with Crippen LogP contribution >= 0.6 is 0 Å². The summed E-state index contributed by atoms with van der Waals surface area (Å²) in [7, 11) is 0. The van der Waals surface area contributed by atoms with Crippen molar-refractivity contribution in [2.24, 2.45) is 0 Å². The number of hydrogen-bond donors (Lipinski definition) is 2. The normalized spacial score (nSPS) is 26.8. The number of rotatable bonds is 2. The van der Waals surface area contributed by atoms with Gasteiger partial charge in [-0.1, -0.05) is 11.8 Å². The van der Waals surface area contributed by atoms with Crippen LogP contribution in [-0.4, -0.2) is 22.4 Å². The van der Waals surface area contributed by atoms with Gasteiger partial charge in [-0.15, -0.1) is 0 Å². The van der Waals surface area contributed by atoms with Gasteiger partial charge in [0, 0.05) is 0 Å². The van der Waals surface area contributed by atoms with Gasteiger partial charge in [-0.2, -0.15) is 0 Å². The number of aliphatic hydroxyl groups is 2. The maximum absolute atomic E-state index is 10.1. The Balaban J connectivity index is 2.37. The molecule has 2 nitrogen and oxygen atoms in total. The first-order valence-corrected chi connectivity index (χ1v) is 6.54. The van der Waals surface area contributed by atoms with Gasteiger partial charge in [-0.3, -0.25) is 0 Å². The van der Waals surface area contributed by atoms with Gasteiger partial charge >= 0.3 is 0 Å². The molecule has 2 atom stereocenters. The van der Waals surface area contributed by atoms with Crippen LogP contribution in [0.25, 0.3) is 0 Å². The fourth-order valence-corrected chi connectivity index (χ4v) is 2.49. The lowest BCUT2D eigenvalue weighted by molar-refractivity contribution is 0.247. The summed E-state index contributed by atoms with van der Waals surface area (Å²) in [4.78, 5) is 0. The molecule has 2 aliphatic rings. The van der Waals surface area contributed by atoms with Crippen LogP contribution in [0, 0.1) is 11.8 Å². The molecule has 0 saturated heterocycles. The lowest BCUT2D eigenvalue weighted by Gasteiger charge is -2.17. The van der Waals surface area contributed by atoms with Crippen LogP contribution in [0.1, 0.15) is 34.1 Å². The predicted molar refractivity (Wildman–Crippen MR) is 77.3 cm³/mol. The molecule has 0 aliphatic heterocycles. The van der Waals surface area contributed by atoms with E-state index in [2.05, 4.69) is 11.8 Å². The van der Waals surface area contributed by atoms with Crippen molar-refractivity contribution in [1.82, 2.24) is 0 Å². The highest BCUT2D eigenvalue weighted by Crippen LogP contribution is 2.33. The van der Waals surface area contributed by atoms with E-state index in [9.17, 15) is 10.2 Å². The Hall–Kier alpha value is -1.56. The van der Waals surface area contributed by atoms with E-state index in [1.54, 1.807) is 0 Å². The van der Waals surface area contributed by atoms with E-state index in [1.807, 2.05) is 39.8 Å². The fraction of sp³-hybridized carbons (Fsp3) is 0.412. The second kappa shape index (κ2) is 5.21. The summed E-state index contributed by atoms with van der Waals surface area (Å²) in [5, 5.41) is 20.2. The molecular formula is C17H20O2. The molecule has 0 aromatic carbocycles. The van der Waals surface area contributed by atoms with Crippen molar-refractivity contribution in [2.75, 3.05) is 0 Å².